The number of pyridine rings is 1. The maximum Gasteiger partial charge on any atom is 0.0451 e. The summed E-state index contributed by atoms with van der Waals surface area (Å²) in [6, 6.07) is 2.45. The van der Waals surface area contributed by atoms with Crippen LogP contribution < -0.4 is 5.73 Å². The molecule has 1 aromatic heterocycles. The molecular formula is C11H17ClN2. The topological polar surface area (TPSA) is 38.9 Å². The third kappa shape index (κ3) is 2.07. The van der Waals surface area contributed by atoms with Crippen molar-refractivity contribution >= 4 is 12.4 Å². The van der Waals surface area contributed by atoms with E-state index in [0.717, 1.165) is 19.3 Å². The fourth-order valence-electron chi connectivity index (χ4n) is 1.92. The fourth-order valence-corrected chi connectivity index (χ4v) is 1.92. The van der Waals surface area contributed by atoms with Crippen LogP contribution in [0.2, 0.25) is 0 Å². The summed E-state index contributed by atoms with van der Waals surface area (Å²) in [5.41, 5.74) is 9.83. The van der Waals surface area contributed by atoms with Gasteiger partial charge in [-0.3, -0.25) is 4.98 Å². The minimum atomic E-state index is 0. The maximum absolute atomic E-state index is 6.03. The normalized spacial score (nSPS) is 19.7. The number of aryl methyl sites for hydroxylation is 2. The smallest absolute Gasteiger partial charge is 0.0451 e. The molecule has 1 aliphatic rings. The molecule has 0 aromatic carbocycles. The van der Waals surface area contributed by atoms with Gasteiger partial charge in [-0.2, -0.15) is 0 Å². The van der Waals surface area contributed by atoms with Gasteiger partial charge in [0, 0.05) is 17.9 Å². The Kier molecular flexibility index (Phi) is 3.90. The van der Waals surface area contributed by atoms with E-state index in [1.807, 2.05) is 6.20 Å². The maximum atomic E-state index is 6.03. The van der Waals surface area contributed by atoms with E-state index in [9.17, 15) is 0 Å². The molecular weight excluding hydrogens is 196 g/mol. The van der Waals surface area contributed by atoms with E-state index >= 15 is 0 Å². The van der Waals surface area contributed by atoms with Crippen LogP contribution in [0.25, 0.3) is 0 Å². The van der Waals surface area contributed by atoms with E-state index in [1.165, 1.54) is 23.2 Å². The van der Waals surface area contributed by atoms with E-state index in [4.69, 9.17) is 5.73 Å². The highest BCUT2D eigenvalue weighted by Gasteiger charge is 2.17. The van der Waals surface area contributed by atoms with Crippen molar-refractivity contribution in [3.63, 3.8) is 0 Å². The molecule has 0 saturated heterocycles. The summed E-state index contributed by atoms with van der Waals surface area (Å²) in [5.74, 6) is 0. The summed E-state index contributed by atoms with van der Waals surface area (Å²) in [6.45, 7) is 2.15. The second-order valence-electron chi connectivity index (χ2n) is 3.73. The molecule has 0 spiro atoms. The number of nitrogens with zero attached hydrogens (tertiary/aromatic N) is 1. The Morgan fingerprint density at radius 1 is 1.57 bits per heavy atom. The Morgan fingerprint density at radius 3 is 3.07 bits per heavy atom. The zero-order chi connectivity index (χ0) is 9.26. The largest absolute Gasteiger partial charge is 0.324 e. The van der Waals surface area contributed by atoms with E-state index in [2.05, 4.69) is 18.0 Å². The molecule has 1 aromatic rings. The monoisotopic (exact) mass is 212 g/mol. The number of aromatic nitrogens is 1. The molecule has 1 unspecified atom stereocenters. The van der Waals surface area contributed by atoms with Gasteiger partial charge in [-0.25, -0.2) is 0 Å². The molecule has 0 bridgehead atoms. The van der Waals surface area contributed by atoms with Gasteiger partial charge >= 0.3 is 0 Å². The van der Waals surface area contributed by atoms with Gasteiger partial charge in [-0.1, -0.05) is 13.0 Å². The minimum absolute atomic E-state index is 0. The predicted octanol–water partition coefficient (Wildman–Crippen LogP) is 2.40. The van der Waals surface area contributed by atoms with Gasteiger partial charge < -0.3 is 5.73 Å². The lowest BCUT2D eigenvalue weighted by atomic mass is 9.91. The lowest BCUT2D eigenvalue weighted by molar-refractivity contribution is 0.559. The first kappa shape index (κ1) is 11.5. The van der Waals surface area contributed by atoms with Crippen molar-refractivity contribution in [2.75, 3.05) is 0 Å². The van der Waals surface area contributed by atoms with Crippen molar-refractivity contribution in [2.45, 2.75) is 38.6 Å². The van der Waals surface area contributed by atoms with Gasteiger partial charge in [0.15, 0.2) is 0 Å². The summed E-state index contributed by atoms with van der Waals surface area (Å²) < 4.78 is 0. The number of hydrogen-bond donors (Lipinski definition) is 1. The van der Waals surface area contributed by atoms with Crippen LogP contribution in [0, 0.1) is 0 Å². The second kappa shape index (κ2) is 4.76. The van der Waals surface area contributed by atoms with Crippen LogP contribution in [0.15, 0.2) is 12.3 Å². The van der Waals surface area contributed by atoms with Crippen molar-refractivity contribution in [3.8, 4) is 0 Å². The third-order valence-electron chi connectivity index (χ3n) is 2.80. The van der Waals surface area contributed by atoms with Crippen LogP contribution in [-0.2, 0) is 12.8 Å². The number of halogens is 1. The molecule has 1 aliphatic carbocycles. The minimum Gasteiger partial charge on any atom is -0.324 e. The van der Waals surface area contributed by atoms with Gasteiger partial charge in [0.05, 0.1) is 0 Å². The van der Waals surface area contributed by atoms with Crippen LogP contribution in [-0.4, -0.2) is 4.98 Å². The van der Waals surface area contributed by atoms with Gasteiger partial charge in [0.25, 0.3) is 0 Å². The Bertz CT molecular complexity index is 312. The van der Waals surface area contributed by atoms with Crippen LogP contribution >= 0.6 is 12.4 Å². The van der Waals surface area contributed by atoms with Gasteiger partial charge in [0.1, 0.15) is 0 Å². The summed E-state index contributed by atoms with van der Waals surface area (Å²) in [4.78, 5) is 4.46. The van der Waals surface area contributed by atoms with E-state index < -0.39 is 0 Å². The second-order valence-corrected chi connectivity index (χ2v) is 3.73. The fraction of sp³-hybridized carbons (Fsp3) is 0.545. The summed E-state index contributed by atoms with van der Waals surface area (Å²) in [7, 11) is 0. The van der Waals surface area contributed by atoms with Crippen LogP contribution in [0.4, 0.5) is 0 Å². The third-order valence-corrected chi connectivity index (χ3v) is 2.80. The molecule has 1 atom stereocenters. The van der Waals surface area contributed by atoms with E-state index in [0.29, 0.717) is 0 Å². The van der Waals surface area contributed by atoms with Crippen LogP contribution in [0.3, 0.4) is 0 Å². The summed E-state index contributed by atoms with van der Waals surface area (Å²) in [5, 5.41) is 0. The number of fused-ring (bicyclic) bond motifs is 1. The molecule has 0 amide bonds. The SMILES string of the molecule is CCc1cnc2c(c1)C(N)CCC2.Cl. The Labute approximate surface area is 91.3 Å². The zero-order valence-corrected chi connectivity index (χ0v) is 9.31. The molecule has 2 N–H and O–H groups in total. The van der Waals surface area contributed by atoms with Crippen molar-refractivity contribution in [1.82, 2.24) is 4.98 Å². The average molecular weight is 213 g/mol. The summed E-state index contributed by atoms with van der Waals surface area (Å²) >= 11 is 0. The van der Waals surface area contributed by atoms with Gasteiger partial charge in [-0.05, 0) is 36.8 Å². The van der Waals surface area contributed by atoms with Gasteiger partial charge in [0.2, 0.25) is 0 Å². The molecule has 0 saturated carbocycles. The summed E-state index contributed by atoms with van der Waals surface area (Å²) in [6.07, 6.45) is 6.44. The highest BCUT2D eigenvalue weighted by molar-refractivity contribution is 5.85. The van der Waals surface area contributed by atoms with E-state index in [-0.39, 0.29) is 18.4 Å². The number of nitrogens with two attached hydrogens (primary N) is 1. The lowest BCUT2D eigenvalue weighted by Gasteiger charge is -2.21. The molecule has 2 nitrogen and oxygen atoms in total. The molecule has 0 aliphatic heterocycles. The van der Waals surface area contributed by atoms with Crippen molar-refractivity contribution in [3.05, 3.63) is 29.1 Å². The van der Waals surface area contributed by atoms with Crippen molar-refractivity contribution < 1.29 is 0 Å². The Balaban J connectivity index is 0.000000980. The molecule has 0 radical (unpaired) electrons. The highest BCUT2D eigenvalue weighted by Crippen LogP contribution is 2.26. The molecule has 3 heteroatoms. The molecule has 78 valence electrons. The Morgan fingerprint density at radius 2 is 2.36 bits per heavy atom. The first-order valence-electron chi connectivity index (χ1n) is 5.04. The van der Waals surface area contributed by atoms with Crippen LogP contribution in [0.1, 0.15) is 42.6 Å². The van der Waals surface area contributed by atoms with Crippen molar-refractivity contribution in [2.24, 2.45) is 5.73 Å². The molecule has 0 fully saturated rings. The van der Waals surface area contributed by atoms with E-state index in [1.54, 1.807) is 0 Å². The standard InChI is InChI=1S/C11H16N2.ClH/c1-2-8-6-9-10(12)4-3-5-11(9)13-7-8;/h6-7,10H,2-5,12H2,1H3;1H. The highest BCUT2D eigenvalue weighted by atomic mass is 35.5. The predicted molar refractivity (Wildman–Crippen MR) is 60.7 cm³/mol. The Hall–Kier alpha value is -0.600. The quantitative estimate of drug-likeness (QED) is 0.777. The first-order chi connectivity index (χ1) is 6.31. The van der Waals surface area contributed by atoms with Crippen molar-refractivity contribution in [1.29, 1.82) is 0 Å². The average Bonchev–Trinajstić information content (AvgIpc) is 2.18. The number of rotatable bonds is 1. The van der Waals surface area contributed by atoms with Gasteiger partial charge in [-0.15, -0.1) is 12.4 Å². The molecule has 1 heterocycles. The lowest BCUT2D eigenvalue weighted by Crippen LogP contribution is -2.18. The number of hydrogen-bond acceptors (Lipinski definition) is 2. The first-order valence-corrected chi connectivity index (χ1v) is 5.04. The molecule has 14 heavy (non-hydrogen) atoms. The molecule has 2 rings (SSSR count). The zero-order valence-electron chi connectivity index (χ0n) is 8.49. The van der Waals surface area contributed by atoms with Crippen LogP contribution in [0.5, 0.6) is 0 Å².